The Labute approximate surface area is 142 Å². The van der Waals surface area contributed by atoms with Crippen molar-refractivity contribution in [1.29, 1.82) is 0 Å². The third-order valence-corrected chi connectivity index (χ3v) is 3.88. The molecule has 5 heteroatoms. The van der Waals surface area contributed by atoms with Crippen LogP contribution in [0.25, 0.3) is 0 Å². The maximum absolute atomic E-state index is 5.90. The Bertz CT molecular complexity index is 612. The summed E-state index contributed by atoms with van der Waals surface area (Å²) in [7, 11) is 0. The molecule has 0 heterocycles. The smallest absolute Gasteiger partial charge is 0.193 e. The highest BCUT2D eigenvalue weighted by Gasteiger charge is 1.99. The zero-order valence-corrected chi connectivity index (χ0v) is 14.3. The van der Waals surface area contributed by atoms with E-state index < -0.39 is 0 Å². The third kappa shape index (κ3) is 6.65. The van der Waals surface area contributed by atoms with Gasteiger partial charge in [0.25, 0.3) is 0 Å². The fraction of sp³-hybridized carbons (Fsp3) is 0.278. The highest BCUT2D eigenvalue weighted by Crippen LogP contribution is 2.17. The second-order valence-electron chi connectivity index (χ2n) is 5.24. The summed E-state index contributed by atoms with van der Waals surface area (Å²) >= 11 is 1.77. The van der Waals surface area contributed by atoms with Crippen LogP contribution in [0.5, 0.6) is 5.75 Å². The molecular weight excluding hydrogens is 306 g/mol. The predicted octanol–water partition coefficient (Wildman–Crippen LogP) is 3.99. The average Bonchev–Trinajstić information content (AvgIpc) is 2.54. The lowest BCUT2D eigenvalue weighted by molar-refractivity contribution is 0.242. The van der Waals surface area contributed by atoms with Gasteiger partial charge in [-0.3, -0.25) is 4.99 Å². The second-order valence-corrected chi connectivity index (χ2v) is 6.41. The van der Waals surface area contributed by atoms with Crippen molar-refractivity contribution >= 4 is 23.4 Å². The molecule has 0 aromatic heterocycles. The Balaban J connectivity index is 1.75. The topological polar surface area (TPSA) is 59.6 Å². The Hall–Kier alpha value is -2.14. The van der Waals surface area contributed by atoms with Crippen LogP contribution in [0.4, 0.5) is 5.69 Å². The quantitative estimate of drug-likeness (QED) is 0.349. The summed E-state index contributed by atoms with van der Waals surface area (Å²) in [5.41, 5.74) is 6.80. The van der Waals surface area contributed by atoms with Crippen LogP contribution in [0.3, 0.4) is 0 Å². The SMILES string of the molecule is CC(C)Oc1ccc(NC(N)=NCCSc2ccccc2)cc1. The van der Waals surface area contributed by atoms with Crippen molar-refractivity contribution in [1.82, 2.24) is 0 Å². The highest BCUT2D eigenvalue weighted by molar-refractivity contribution is 7.99. The summed E-state index contributed by atoms with van der Waals surface area (Å²) in [5, 5.41) is 3.08. The van der Waals surface area contributed by atoms with E-state index in [9.17, 15) is 0 Å². The fourth-order valence-electron chi connectivity index (χ4n) is 1.92. The van der Waals surface area contributed by atoms with Crippen molar-refractivity contribution in [2.45, 2.75) is 24.8 Å². The van der Waals surface area contributed by atoms with Gasteiger partial charge in [-0.2, -0.15) is 0 Å². The molecule has 0 saturated carbocycles. The molecule has 0 unspecified atom stereocenters. The van der Waals surface area contributed by atoms with Gasteiger partial charge in [-0.15, -0.1) is 11.8 Å². The number of benzene rings is 2. The number of rotatable bonds is 7. The molecular formula is C18H23N3OS. The minimum absolute atomic E-state index is 0.169. The summed E-state index contributed by atoms with van der Waals surface area (Å²) in [5.74, 6) is 2.17. The van der Waals surface area contributed by atoms with E-state index in [0.717, 1.165) is 17.2 Å². The summed E-state index contributed by atoms with van der Waals surface area (Å²) < 4.78 is 5.60. The van der Waals surface area contributed by atoms with E-state index in [2.05, 4.69) is 22.4 Å². The van der Waals surface area contributed by atoms with Crippen LogP contribution < -0.4 is 15.8 Å². The second kappa shape index (κ2) is 9.10. The number of thioether (sulfide) groups is 1. The number of nitrogens with two attached hydrogens (primary N) is 1. The lowest BCUT2D eigenvalue weighted by Crippen LogP contribution is -2.23. The van der Waals surface area contributed by atoms with E-state index in [-0.39, 0.29) is 6.10 Å². The molecule has 23 heavy (non-hydrogen) atoms. The number of nitrogens with zero attached hydrogens (tertiary/aromatic N) is 1. The Morgan fingerprint density at radius 3 is 2.48 bits per heavy atom. The van der Waals surface area contributed by atoms with Gasteiger partial charge in [0, 0.05) is 16.3 Å². The van der Waals surface area contributed by atoms with Gasteiger partial charge in [0.15, 0.2) is 5.96 Å². The molecule has 122 valence electrons. The minimum atomic E-state index is 0.169. The molecule has 0 spiro atoms. The van der Waals surface area contributed by atoms with Crippen molar-refractivity contribution < 1.29 is 4.74 Å². The van der Waals surface area contributed by atoms with Crippen LogP contribution in [0.1, 0.15) is 13.8 Å². The lowest BCUT2D eigenvalue weighted by Gasteiger charge is -2.10. The number of guanidine groups is 1. The van der Waals surface area contributed by atoms with Gasteiger partial charge in [0.05, 0.1) is 12.6 Å². The summed E-state index contributed by atoms with van der Waals surface area (Å²) in [6.07, 6.45) is 0.169. The number of hydrogen-bond acceptors (Lipinski definition) is 3. The van der Waals surface area contributed by atoms with Gasteiger partial charge in [-0.05, 0) is 50.2 Å². The van der Waals surface area contributed by atoms with Gasteiger partial charge in [0.1, 0.15) is 5.75 Å². The van der Waals surface area contributed by atoms with E-state index in [1.807, 2.05) is 56.3 Å². The maximum Gasteiger partial charge on any atom is 0.193 e. The van der Waals surface area contributed by atoms with E-state index in [1.165, 1.54) is 4.90 Å². The van der Waals surface area contributed by atoms with Crippen LogP contribution in [0.2, 0.25) is 0 Å². The van der Waals surface area contributed by atoms with Crippen molar-refractivity contribution in [3.05, 3.63) is 54.6 Å². The predicted molar refractivity (Wildman–Crippen MR) is 99.5 cm³/mol. The van der Waals surface area contributed by atoms with Crippen molar-refractivity contribution in [3.63, 3.8) is 0 Å². The zero-order valence-electron chi connectivity index (χ0n) is 13.5. The summed E-state index contributed by atoms with van der Waals surface area (Å²) in [6, 6.07) is 18.0. The first kappa shape index (κ1) is 17.2. The monoisotopic (exact) mass is 329 g/mol. The van der Waals surface area contributed by atoms with Gasteiger partial charge < -0.3 is 15.8 Å². The number of hydrogen-bond donors (Lipinski definition) is 2. The van der Waals surface area contributed by atoms with Crippen LogP contribution in [-0.4, -0.2) is 24.4 Å². The molecule has 0 aliphatic carbocycles. The molecule has 0 bridgehead atoms. The molecule has 2 rings (SSSR count). The highest BCUT2D eigenvalue weighted by atomic mass is 32.2. The Kier molecular flexibility index (Phi) is 6.81. The third-order valence-electron chi connectivity index (χ3n) is 2.88. The van der Waals surface area contributed by atoms with E-state index in [1.54, 1.807) is 11.8 Å². The molecule has 0 amide bonds. The largest absolute Gasteiger partial charge is 0.491 e. The van der Waals surface area contributed by atoms with Crippen molar-refractivity contribution in [2.75, 3.05) is 17.6 Å². The van der Waals surface area contributed by atoms with Crippen LogP contribution in [0, 0.1) is 0 Å². The number of aliphatic imine (C=N–C) groups is 1. The first-order valence-electron chi connectivity index (χ1n) is 7.65. The lowest BCUT2D eigenvalue weighted by atomic mass is 10.3. The average molecular weight is 329 g/mol. The maximum atomic E-state index is 5.90. The molecule has 0 saturated heterocycles. The normalized spacial score (nSPS) is 11.5. The van der Waals surface area contributed by atoms with Crippen LogP contribution in [-0.2, 0) is 0 Å². The number of anilines is 1. The van der Waals surface area contributed by atoms with Crippen molar-refractivity contribution in [3.8, 4) is 5.75 Å². The minimum Gasteiger partial charge on any atom is -0.491 e. The number of nitrogens with one attached hydrogen (secondary N) is 1. The Morgan fingerprint density at radius 1 is 1.13 bits per heavy atom. The van der Waals surface area contributed by atoms with Crippen LogP contribution >= 0.6 is 11.8 Å². The van der Waals surface area contributed by atoms with Gasteiger partial charge in [0.2, 0.25) is 0 Å². The first-order valence-corrected chi connectivity index (χ1v) is 8.63. The first-order chi connectivity index (χ1) is 11.1. The standard InChI is InChI=1S/C18H23N3OS/c1-14(2)22-16-10-8-15(9-11-16)21-18(19)20-12-13-23-17-6-4-3-5-7-17/h3-11,14H,12-13H2,1-2H3,(H3,19,20,21). The van der Waals surface area contributed by atoms with Crippen LogP contribution in [0.15, 0.2) is 64.5 Å². The molecule has 2 aromatic rings. The summed E-state index contributed by atoms with van der Waals surface area (Å²) in [6.45, 7) is 4.68. The zero-order chi connectivity index (χ0) is 16.5. The fourth-order valence-corrected chi connectivity index (χ4v) is 2.69. The molecule has 4 nitrogen and oxygen atoms in total. The van der Waals surface area contributed by atoms with Gasteiger partial charge in [-0.25, -0.2) is 0 Å². The molecule has 3 N–H and O–H groups in total. The molecule has 0 aliphatic rings. The van der Waals surface area contributed by atoms with Gasteiger partial charge >= 0.3 is 0 Å². The van der Waals surface area contributed by atoms with E-state index >= 15 is 0 Å². The molecule has 0 aliphatic heterocycles. The molecule has 0 atom stereocenters. The van der Waals surface area contributed by atoms with Crippen molar-refractivity contribution in [2.24, 2.45) is 10.7 Å². The molecule has 2 aromatic carbocycles. The van der Waals surface area contributed by atoms with Gasteiger partial charge in [-0.1, -0.05) is 18.2 Å². The summed E-state index contributed by atoms with van der Waals surface area (Å²) in [4.78, 5) is 5.58. The van der Waals surface area contributed by atoms with E-state index in [4.69, 9.17) is 10.5 Å². The molecule has 0 radical (unpaired) electrons. The Morgan fingerprint density at radius 2 is 1.83 bits per heavy atom. The van der Waals surface area contributed by atoms with E-state index in [0.29, 0.717) is 12.5 Å². The number of ether oxygens (including phenoxy) is 1. The molecule has 0 fully saturated rings.